The molecule has 0 bridgehead atoms. The molecule has 190 valence electrons. The molecule has 0 aliphatic rings. The lowest BCUT2D eigenvalue weighted by atomic mass is 10.1. The van der Waals surface area contributed by atoms with Crippen LogP contribution in [0.25, 0.3) is 10.9 Å². The zero-order valence-electron chi connectivity index (χ0n) is 20.5. The van der Waals surface area contributed by atoms with Crippen LogP contribution in [0, 0.1) is 0 Å². The molecule has 4 aromatic rings. The van der Waals surface area contributed by atoms with Crippen molar-refractivity contribution in [1.29, 1.82) is 0 Å². The molecule has 0 aliphatic carbocycles. The summed E-state index contributed by atoms with van der Waals surface area (Å²) in [6.45, 7) is 4.38. The Kier molecular flexibility index (Phi) is 8.63. The number of carbonyl (C=O) groups is 2. The zero-order chi connectivity index (χ0) is 26.4. The summed E-state index contributed by atoms with van der Waals surface area (Å²) in [4.78, 5) is 42.9. The summed E-state index contributed by atoms with van der Waals surface area (Å²) in [5, 5.41) is 7.27. The van der Waals surface area contributed by atoms with Crippen molar-refractivity contribution in [2.75, 3.05) is 5.75 Å². The van der Waals surface area contributed by atoms with Crippen molar-refractivity contribution in [1.82, 2.24) is 20.2 Å². The van der Waals surface area contributed by atoms with Crippen LogP contribution in [0.2, 0.25) is 5.02 Å². The lowest BCUT2D eigenvalue weighted by Crippen LogP contribution is -2.30. The normalized spacial score (nSPS) is 11.0. The maximum absolute atomic E-state index is 13.4. The van der Waals surface area contributed by atoms with Crippen molar-refractivity contribution in [3.8, 4) is 0 Å². The Hall–Kier alpha value is -3.62. The first kappa shape index (κ1) is 26.4. The maximum atomic E-state index is 13.4. The van der Waals surface area contributed by atoms with E-state index in [1.807, 2.05) is 50.2 Å². The summed E-state index contributed by atoms with van der Waals surface area (Å²) < 4.78 is 1.57. The van der Waals surface area contributed by atoms with Crippen molar-refractivity contribution in [3.63, 3.8) is 0 Å². The van der Waals surface area contributed by atoms with Gasteiger partial charge in [-0.1, -0.05) is 65.8 Å². The van der Waals surface area contributed by atoms with Crippen LogP contribution < -0.4 is 16.2 Å². The molecule has 1 heterocycles. The standard InChI is InChI=1S/C28H27ClN4O3S/c1-18(2)31-26(35)20-13-11-19(12-14-20)16-33-27(36)22-8-4-6-10-24(22)32-28(33)37-17-25(34)30-15-21-7-3-5-9-23(21)29/h3-14,18H,15-17H2,1-2H3,(H,30,34)(H,31,35). The van der Waals surface area contributed by atoms with Crippen LogP contribution in [0.5, 0.6) is 0 Å². The predicted octanol–water partition coefficient (Wildman–Crippen LogP) is 4.64. The molecule has 0 saturated carbocycles. The summed E-state index contributed by atoms with van der Waals surface area (Å²) in [6, 6.07) is 21.6. The summed E-state index contributed by atoms with van der Waals surface area (Å²) in [5.41, 5.74) is 2.60. The van der Waals surface area contributed by atoms with Crippen molar-refractivity contribution < 1.29 is 9.59 Å². The number of nitrogens with zero attached hydrogens (tertiary/aromatic N) is 2. The molecule has 3 aromatic carbocycles. The summed E-state index contributed by atoms with van der Waals surface area (Å²) in [5.74, 6) is -0.256. The molecule has 0 atom stereocenters. The molecule has 0 fully saturated rings. The fourth-order valence-electron chi connectivity index (χ4n) is 3.70. The number of rotatable bonds is 9. The Labute approximate surface area is 224 Å². The molecule has 0 radical (unpaired) electrons. The predicted molar refractivity (Wildman–Crippen MR) is 148 cm³/mol. The Morgan fingerprint density at radius 1 is 1.00 bits per heavy atom. The first-order valence-electron chi connectivity index (χ1n) is 11.8. The fourth-order valence-corrected chi connectivity index (χ4v) is 4.73. The number of aromatic nitrogens is 2. The number of hydrogen-bond donors (Lipinski definition) is 2. The number of thioether (sulfide) groups is 1. The molecule has 37 heavy (non-hydrogen) atoms. The van der Waals surface area contributed by atoms with Gasteiger partial charge in [0.2, 0.25) is 5.91 Å². The highest BCUT2D eigenvalue weighted by atomic mass is 35.5. The van der Waals surface area contributed by atoms with Gasteiger partial charge in [0.05, 0.1) is 23.2 Å². The molecule has 1 aromatic heterocycles. The van der Waals surface area contributed by atoms with Gasteiger partial charge in [0.25, 0.3) is 11.5 Å². The van der Waals surface area contributed by atoms with Crippen LogP contribution >= 0.6 is 23.4 Å². The van der Waals surface area contributed by atoms with Crippen LogP contribution in [0.4, 0.5) is 0 Å². The van der Waals surface area contributed by atoms with Crippen LogP contribution in [-0.4, -0.2) is 33.2 Å². The smallest absolute Gasteiger partial charge is 0.262 e. The second-order valence-electron chi connectivity index (χ2n) is 8.78. The van der Waals surface area contributed by atoms with Crippen molar-refractivity contribution in [2.45, 2.75) is 38.1 Å². The minimum absolute atomic E-state index is 0.0379. The van der Waals surface area contributed by atoms with Gasteiger partial charge in [0.1, 0.15) is 0 Å². The van der Waals surface area contributed by atoms with Gasteiger partial charge in [0.15, 0.2) is 5.16 Å². The van der Waals surface area contributed by atoms with Gasteiger partial charge in [-0.2, -0.15) is 0 Å². The quantitative estimate of drug-likeness (QED) is 0.241. The molecule has 0 aliphatic heterocycles. The minimum atomic E-state index is -0.195. The van der Waals surface area contributed by atoms with Crippen molar-refractivity contribution in [2.24, 2.45) is 0 Å². The van der Waals surface area contributed by atoms with Crippen molar-refractivity contribution in [3.05, 3.63) is 105 Å². The summed E-state index contributed by atoms with van der Waals surface area (Å²) in [7, 11) is 0. The Morgan fingerprint density at radius 3 is 2.43 bits per heavy atom. The van der Waals surface area contributed by atoms with E-state index >= 15 is 0 Å². The SMILES string of the molecule is CC(C)NC(=O)c1ccc(Cn2c(SCC(=O)NCc3ccccc3Cl)nc3ccccc3c2=O)cc1. The third-order valence-corrected chi connectivity index (χ3v) is 6.91. The topological polar surface area (TPSA) is 93.1 Å². The van der Waals surface area contributed by atoms with Gasteiger partial charge in [-0.15, -0.1) is 0 Å². The molecule has 7 nitrogen and oxygen atoms in total. The molecule has 4 rings (SSSR count). The summed E-state index contributed by atoms with van der Waals surface area (Å²) >= 11 is 7.37. The first-order valence-corrected chi connectivity index (χ1v) is 13.2. The van der Waals surface area contributed by atoms with Crippen LogP contribution in [-0.2, 0) is 17.9 Å². The molecule has 9 heteroatoms. The van der Waals surface area contributed by atoms with Gasteiger partial charge >= 0.3 is 0 Å². The molecule has 0 spiro atoms. The van der Waals surface area contributed by atoms with Crippen LogP contribution in [0.15, 0.2) is 82.7 Å². The van der Waals surface area contributed by atoms with E-state index < -0.39 is 0 Å². The molecule has 2 N–H and O–H groups in total. The monoisotopic (exact) mass is 534 g/mol. The maximum Gasteiger partial charge on any atom is 0.262 e. The highest BCUT2D eigenvalue weighted by molar-refractivity contribution is 7.99. The lowest BCUT2D eigenvalue weighted by Gasteiger charge is -2.14. The van der Waals surface area contributed by atoms with E-state index in [-0.39, 0.29) is 35.7 Å². The molecular formula is C28H27ClN4O3S. The number of para-hydroxylation sites is 1. The Morgan fingerprint density at radius 2 is 1.70 bits per heavy atom. The van der Waals surface area contributed by atoms with Crippen LogP contribution in [0.1, 0.15) is 35.3 Å². The van der Waals surface area contributed by atoms with E-state index in [4.69, 9.17) is 11.6 Å². The van der Waals surface area contributed by atoms with E-state index in [0.717, 1.165) is 11.1 Å². The third kappa shape index (κ3) is 6.78. The number of nitrogens with one attached hydrogen (secondary N) is 2. The average molecular weight is 535 g/mol. The second-order valence-corrected chi connectivity index (χ2v) is 10.1. The number of carbonyl (C=O) groups excluding carboxylic acids is 2. The van der Waals surface area contributed by atoms with Gasteiger partial charge in [-0.3, -0.25) is 19.0 Å². The van der Waals surface area contributed by atoms with Gasteiger partial charge < -0.3 is 10.6 Å². The van der Waals surface area contributed by atoms with Gasteiger partial charge in [0, 0.05) is 23.2 Å². The lowest BCUT2D eigenvalue weighted by molar-refractivity contribution is -0.118. The number of amides is 2. The third-order valence-electron chi connectivity index (χ3n) is 5.57. The van der Waals surface area contributed by atoms with Gasteiger partial charge in [-0.25, -0.2) is 4.98 Å². The molecular weight excluding hydrogens is 508 g/mol. The number of halogens is 1. The van der Waals surface area contributed by atoms with E-state index in [1.54, 1.807) is 41.0 Å². The number of fused-ring (bicyclic) bond motifs is 1. The number of hydrogen-bond acceptors (Lipinski definition) is 5. The minimum Gasteiger partial charge on any atom is -0.351 e. The Bertz CT molecular complexity index is 1490. The zero-order valence-corrected chi connectivity index (χ0v) is 22.1. The molecule has 0 saturated heterocycles. The van der Waals surface area contributed by atoms with Gasteiger partial charge in [-0.05, 0) is 55.3 Å². The largest absolute Gasteiger partial charge is 0.351 e. The highest BCUT2D eigenvalue weighted by Crippen LogP contribution is 2.20. The number of benzene rings is 3. The first-order chi connectivity index (χ1) is 17.8. The van der Waals surface area contributed by atoms with Crippen LogP contribution in [0.3, 0.4) is 0 Å². The molecule has 2 amide bonds. The second kappa shape index (κ2) is 12.1. The van der Waals surface area contributed by atoms with E-state index in [1.165, 1.54) is 11.8 Å². The Balaban J connectivity index is 1.53. The average Bonchev–Trinajstić information content (AvgIpc) is 2.89. The van der Waals surface area contributed by atoms with Crippen molar-refractivity contribution >= 4 is 46.1 Å². The fraction of sp³-hybridized carbons (Fsp3) is 0.214. The van der Waals surface area contributed by atoms with E-state index in [0.29, 0.717) is 33.2 Å². The highest BCUT2D eigenvalue weighted by Gasteiger charge is 2.15. The summed E-state index contributed by atoms with van der Waals surface area (Å²) in [6.07, 6.45) is 0. The van der Waals surface area contributed by atoms with E-state index in [9.17, 15) is 14.4 Å². The molecule has 0 unspecified atom stereocenters. The van der Waals surface area contributed by atoms with E-state index in [2.05, 4.69) is 15.6 Å².